The first-order chi connectivity index (χ1) is 8.78. The standard InChI is InChI=1S/C13H10N2O2S/c1-17-13(16)9-4-5-15-8-10(14-12(15)7-9)11-3-2-6-18-11/h2-8H,1H3. The summed E-state index contributed by atoms with van der Waals surface area (Å²) in [6, 6.07) is 7.46. The van der Waals surface area contributed by atoms with Gasteiger partial charge in [-0.1, -0.05) is 6.07 Å². The van der Waals surface area contributed by atoms with Gasteiger partial charge in [0.25, 0.3) is 0 Å². The number of carbonyl (C=O) groups excluding carboxylic acids is 1. The highest BCUT2D eigenvalue weighted by molar-refractivity contribution is 7.13. The van der Waals surface area contributed by atoms with Crippen LogP contribution in [-0.4, -0.2) is 22.5 Å². The first kappa shape index (κ1) is 11.0. The van der Waals surface area contributed by atoms with Crippen molar-refractivity contribution in [2.45, 2.75) is 0 Å². The topological polar surface area (TPSA) is 43.6 Å². The van der Waals surface area contributed by atoms with Gasteiger partial charge < -0.3 is 9.14 Å². The summed E-state index contributed by atoms with van der Waals surface area (Å²) in [7, 11) is 1.37. The van der Waals surface area contributed by atoms with E-state index in [-0.39, 0.29) is 5.97 Å². The number of methoxy groups -OCH3 is 1. The molecule has 3 heterocycles. The molecule has 5 heteroatoms. The zero-order valence-corrected chi connectivity index (χ0v) is 10.5. The number of esters is 1. The van der Waals surface area contributed by atoms with E-state index in [1.165, 1.54) is 7.11 Å². The van der Waals surface area contributed by atoms with Crippen molar-refractivity contribution in [3.8, 4) is 10.6 Å². The summed E-state index contributed by atoms with van der Waals surface area (Å²) in [5.74, 6) is -0.349. The van der Waals surface area contributed by atoms with Crippen LogP contribution in [0.5, 0.6) is 0 Å². The summed E-state index contributed by atoms with van der Waals surface area (Å²) in [5.41, 5.74) is 2.15. The summed E-state index contributed by atoms with van der Waals surface area (Å²) in [5, 5.41) is 2.01. The minimum Gasteiger partial charge on any atom is -0.465 e. The Hall–Kier alpha value is -2.14. The average molecular weight is 258 g/mol. The molecular formula is C13H10N2O2S. The lowest BCUT2D eigenvalue weighted by molar-refractivity contribution is 0.0600. The minimum atomic E-state index is -0.349. The molecule has 3 rings (SSSR count). The van der Waals surface area contributed by atoms with Gasteiger partial charge in [0.05, 0.1) is 23.2 Å². The number of rotatable bonds is 2. The van der Waals surface area contributed by atoms with Crippen LogP contribution in [0.4, 0.5) is 0 Å². The second kappa shape index (κ2) is 4.27. The Kier molecular flexibility index (Phi) is 2.60. The van der Waals surface area contributed by atoms with Gasteiger partial charge in [0.1, 0.15) is 5.65 Å². The highest BCUT2D eigenvalue weighted by Gasteiger charge is 2.09. The number of hydrogen-bond acceptors (Lipinski definition) is 4. The number of imidazole rings is 1. The lowest BCUT2D eigenvalue weighted by atomic mass is 10.3. The van der Waals surface area contributed by atoms with E-state index in [2.05, 4.69) is 4.98 Å². The summed E-state index contributed by atoms with van der Waals surface area (Å²) >= 11 is 1.64. The van der Waals surface area contributed by atoms with E-state index in [1.54, 1.807) is 23.5 Å². The van der Waals surface area contributed by atoms with E-state index in [0.717, 1.165) is 16.2 Å². The third-order valence-electron chi connectivity index (χ3n) is 2.65. The molecule has 18 heavy (non-hydrogen) atoms. The summed E-state index contributed by atoms with van der Waals surface area (Å²) < 4.78 is 6.58. The van der Waals surface area contributed by atoms with Gasteiger partial charge in [-0.2, -0.15) is 0 Å². The molecule has 0 amide bonds. The minimum absolute atomic E-state index is 0.349. The van der Waals surface area contributed by atoms with E-state index in [9.17, 15) is 4.79 Å². The highest BCUT2D eigenvalue weighted by Crippen LogP contribution is 2.24. The fourth-order valence-electron chi connectivity index (χ4n) is 1.77. The fraction of sp³-hybridized carbons (Fsp3) is 0.0769. The maximum Gasteiger partial charge on any atom is 0.338 e. The third kappa shape index (κ3) is 1.78. The molecule has 3 aromatic heterocycles. The number of thiophene rings is 1. The Bertz CT molecular complexity index is 701. The van der Waals surface area contributed by atoms with Crippen LogP contribution in [0.1, 0.15) is 10.4 Å². The molecule has 0 aromatic carbocycles. The van der Waals surface area contributed by atoms with Crippen molar-refractivity contribution < 1.29 is 9.53 Å². The van der Waals surface area contributed by atoms with Crippen molar-refractivity contribution in [2.24, 2.45) is 0 Å². The highest BCUT2D eigenvalue weighted by atomic mass is 32.1. The molecule has 90 valence electrons. The van der Waals surface area contributed by atoms with Crippen molar-refractivity contribution in [3.05, 3.63) is 47.6 Å². The number of nitrogens with zero attached hydrogens (tertiary/aromatic N) is 2. The van der Waals surface area contributed by atoms with Gasteiger partial charge in [-0.15, -0.1) is 11.3 Å². The summed E-state index contributed by atoms with van der Waals surface area (Å²) in [4.78, 5) is 17.0. The van der Waals surface area contributed by atoms with Crippen molar-refractivity contribution in [1.82, 2.24) is 9.38 Å². The lowest BCUT2D eigenvalue weighted by Gasteiger charge is -1.98. The average Bonchev–Trinajstić information content (AvgIpc) is 3.04. The number of pyridine rings is 1. The molecule has 3 aromatic rings. The van der Waals surface area contributed by atoms with E-state index in [1.807, 2.05) is 34.3 Å². The Balaban J connectivity index is 2.10. The Morgan fingerprint density at radius 2 is 2.33 bits per heavy atom. The second-order valence-corrected chi connectivity index (χ2v) is 4.72. The van der Waals surface area contributed by atoms with Crippen LogP contribution >= 0.6 is 11.3 Å². The summed E-state index contributed by atoms with van der Waals surface area (Å²) in [6.45, 7) is 0. The Morgan fingerprint density at radius 3 is 3.06 bits per heavy atom. The molecule has 0 unspecified atom stereocenters. The molecule has 0 spiro atoms. The number of carbonyl (C=O) groups is 1. The van der Waals surface area contributed by atoms with Crippen LogP contribution in [0.2, 0.25) is 0 Å². The van der Waals surface area contributed by atoms with E-state index < -0.39 is 0 Å². The van der Waals surface area contributed by atoms with Crippen LogP contribution in [0.25, 0.3) is 16.2 Å². The zero-order chi connectivity index (χ0) is 12.5. The van der Waals surface area contributed by atoms with Crippen LogP contribution in [-0.2, 0) is 4.74 Å². The SMILES string of the molecule is COC(=O)c1ccn2cc(-c3cccs3)nc2c1. The van der Waals surface area contributed by atoms with Gasteiger partial charge in [-0.25, -0.2) is 9.78 Å². The van der Waals surface area contributed by atoms with Gasteiger partial charge in [-0.3, -0.25) is 0 Å². The van der Waals surface area contributed by atoms with E-state index in [4.69, 9.17) is 4.74 Å². The number of fused-ring (bicyclic) bond motifs is 1. The van der Waals surface area contributed by atoms with Gasteiger partial charge >= 0.3 is 5.97 Å². The smallest absolute Gasteiger partial charge is 0.338 e. The van der Waals surface area contributed by atoms with Crippen LogP contribution in [0.15, 0.2) is 42.0 Å². The number of aromatic nitrogens is 2. The van der Waals surface area contributed by atoms with E-state index in [0.29, 0.717) is 5.56 Å². The molecule has 0 fully saturated rings. The molecule has 0 aliphatic heterocycles. The fourth-order valence-corrected chi connectivity index (χ4v) is 2.45. The monoisotopic (exact) mass is 258 g/mol. The molecule has 0 saturated heterocycles. The van der Waals surface area contributed by atoms with E-state index >= 15 is 0 Å². The van der Waals surface area contributed by atoms with Crippen LogP contribution in [0.3, 0.4) is 0 Å². The Morgan fingerprint density at radius 1 is 1.44 bits per heavy atom. The van der Waals surface area contributed by atoms with Gasteiger partial charge in [-0.05, 0) is 23.6 Å². The summed E-state index contributed by atoms with van der Waals surface area (Å²) in [6.07, 6.45) is 3.76. The van der Waals surface area contributed by atoms with Gasteiger partial charge in [0.2, 0.25) is 0 Å². The molecule has 0 N–H and O–H groups in total. The molecule has 0 aliphatic carbocycles. The zero-order valence-electron chi connectivity index (χ0n) is 9.66. The number of hydrogen-bond donors (Lipinski definition) is 0. The Labute approximate surface area is 107 Å². The van der Waals surface area contributed by atoms with Crippen molar-refractivity contribution in [1.29, 1.82) is 0 Å². The quantitative estimate of drug-likeness (QED) is 0.664. The molecule has 0 atom stereocenters. The molecule has 0 radical (unpaired) electrons. The lowest BCUT2D eigenvalue weighted by Crippen LogP contribution is -2.01. The predicted molar refractivity (Wildman–Crippen MR) is 69.8 cm³/mol. The van der Waals surface area contributed by atoms with Gasteiger partial charge in [0.15, 0.2) is 0 Å². The van der Waals surface area contributed by atoms with Crippen molar-refractivity contribution in [2.75, 3.05) is 7.11 Å². The molecule has 0 saturated carbocycles. The molecular weight excluding hydrogens is 248 g/mol. The van der Waals surface area contributed by atoms with Crippen molar-refractivity contribution >= 4 is 23.0 Å². The van der Waals surface area contributed by atoms with Crippen molar-refractivity contribution in [3.63, 3.8) is 0 Å². The maximum absolute atomic E-state index is 11.4. The number of ether oxygens (including phenoxy) is 1. The molecule has 0 bridgehead atoms. The third-order valence-corrected chi connectivity index (χ3v) is 3.55. The second-order valence-electron chi connectivity index (χ2n) is 3.78. The normalized spacial score (nSPS) is 10.7. The predicted octanol–water partition coefficient (Wildman–Crippen LogP) is 2.85. The first-order valence-electron chi connectivity index (χ1n) is 5.39. The van der Waals surface area contributed by atoms with Crippen LogP contribution < -0.4 is 0 Å². The molecule has 0 aliphatic rings. The maximum atomic E-state index is 11.4. The van der Waals surface area contributed by atoms with Gasteiger partial charge in [0, 0.05) is 12.4 Å². The molecule has 4 nitrogen and oxygen atoms in total. The first-order valence-corrected chi connectivity index (χ1v) is 6.27. The van der Waals surface area contributed by atoms with Crippen LogP contribution in [0, 0.1) is 0 Å². The largest absolute Gasteiger partial charge is 0.465 e.